The first-order chi connectivity index (χ1) is 10.6. The van der Waals surface area contributed by atoms with E-state index >= 15 is 0 Å². The quantitative estimate of drug-likeness (QED) is 0.897. The normalized spacial score (nSPS) is 14.9. The first-order valence-corrected chi connectivity index (χ1v) is 8.18. The zero-order valence-corrected chi connectivity index (χ0v) is 14.2. The molecule has 22 heavy (non-hydrogen) atoms. The summed E-state index contributed by atoms with van der Waals surface area (Å²) in [6.45, 7) is 5.44. The zero-order valence-electron chi connectivity index (χ0n) is 12.6. The van der Waals surface area contributed by atoms with Crippen molar-refractivity contribution in [3.8, 4) is 0 Å². The Bertz CT molecular complexity index is 700. The number of fused-ring (bicyclic) bond motifs is 1. The number of anilines is 1. The van der Waals surface area contributed by atoms with Crippen molar-refractivity contribution in [2.75, 3.05) is 11.9 Å². The van der Waals surface area contributed by atoms with Crippen LogP contribution in [0.1, 0.15) is 41.4 Å². The largest absolute Gasteiger partial charge is 0.363 e. The average Bonchev–Trinajstić information content (AvgIpc) is 2.85. The third-order valence-electron chi connectivity index (χ3n) is 4.03. The summed E-state index contributed by atoms with van der Waals surface area (Å²) in [5.74, 6) is 0.900. The van der Waals surface area contributed by atoms with Gasteiger partial charge in [-0.25, -0.2) is 4.98 Å². The van der Waals surface area contributed by atoms with E-state index in [2.05, 4.69) is 45.3 Å². The lowest BCUT2D eigenvalue weighted by atomic mass is 10.1. The highest BCUT2D eigenvalue weighted by Gasteiger charge is 2.29. The van der Waals surface area contributed by atoms with Crippen molar-refractivity contribution in [1.29, 1.82) is 0 Å². The van der Waals surface area contributed by atoms with Gasteiger partial charge < -0.3 is 10.2 Å². The van der Waals surface area contributed by atoms with Gasteiger partial charge in [0.15, 0.2) is 0 Å². The van der Waals surface area contributed by atoms with Crippen LogP contribution < -0.4 is 5.32 Å². The molecule has 1 unspecified atom stereocenters. The summed E-state index contributed by atoms with van der Waals surface area (Å²) >= 11 is 3.45. The van der Waals surface area contributed by atoms with Crippen molar-refractivity contribution in [2.45, 2.75) is 26.4 Å². The summed E-state index contributed by atoms with van der Waals surface area (Å²) < 4.78 is 1.06. The lowest BCUT2D eigenvalue weighted by Crippen LogP contribution is -2.22. The van der Waals surface area contributed by atoms with Crippen LogP contribution in [0, 0.1) is 0 Å². The number of hydrogen-bond donors (Lipinski definition) is 1. The molecule has 1 aliphatic heterocycles. The van der Waals surface area contributed by atoms with Crippen LogP contribution in [0.3, 0.4) is 0 Å². The van der Waals surface area contributed by atoms with Crippen molar-refractivity contribution in [3.63, 3.8) is 0 Å². The second kappa shape index (κ2) is 6.08. The Morgan fingerprint density at radius 2 is 2.05 bits per heavy atom. The first kappa shape index (κ1) is 15.0. The average molecular weight is 360 g/mol. The minimum Gasteiger partial charge on any atom is -0.363 e. The first-order valence-electron chi connectivity index (χ1n) is 7.39. The number of benzene rings is 1. The molecule has 1 atom stereocenters. The molecular formula is C17H18BrN3O. The van der Waals surface area contributed by atoms with E-state index < -0.39 is 0 Å². The molecular weight excluding hydrogens is 342 g/mol. The van der Waals surface area contributed by atoms with Gasteiger partial charge in [0.1, 0.15) is 5.82 Å². The fraction of sp³-hybridized carbons (Fsp3) is 0.294. The van der Waals surface area contributed by atoms with Gasteiger partial charge in [-0.15, -0.1) is 0 Å². The molecule has 0 radical (unpaired) electrons. The minimum atomic E-state index is 0.0965. The molecule has 3 rings (SSSR count). The summed E-state index contributed by atoms with van der Waals surface area (Å²) in [6.07, 6.45) is 1.70. The van der Waals surface area contributed by atoms with E-state index in [9.17, 15) is 4.79 Å². The Balaban J connectivity index is 1.85. The molecule has 1 aliphatic rings. The van der Waals surface area contributed by atoms with Gasteiger partial charge in [0.2, 0.25) is 0 Å². The minimum absolute atomic E-state index is 0.0965. The van der Waals surface area contributed by atoms with Crippen molar-refractivity contribution in [2.24, 2.45) is 0 Å². The molecule has 2 aromatic rings. The van der Waals surface area contributed by atoms with Crippen LogP contribution in [0.5, 0.6) is 0 Å². The van der Waals surface area contributed by atoms with Gasteiger partial charge in [0, 0.05) is 34.4 Å². The second-order valence-corrected chi connectivity index (χ2v) is 6.34. The summed E-state index contributed by atoms with van der Waals surface area (Å²) in [5, 5.41) is 3.44. The van der Waals surface area contributed by atoms with Crippen LogP contribution in [0.2, 0.25) is 0 Å². The van der Waals surface area contributed by atoms with Crippen LogP contribution in [0.25, 0.3) is 0 Å². The van der Waals surface area contributed by atoms with Gasteiger partial charge in [0.25, 0.3) is 5.91 Å². The molecule has 0 aliphatic carbocycles. The number of halogens is 1. The molecule has 1 amide bonds. The lowest BCUT2D eigenvalue weighted by molar-refractivity contribution is 0.0787. The molecule has 0 saturated carbocycles. The Labute approximate surface area is 138 Å². The van der Waals surface area contributed by atoms with E-state index in [4.69, 9.17) is 0 Å². The Morgan fingerprint density at radius 3 is 2.73 bits per heavy atom. The number of carbonyl (C=O) groups excluding carboxylic acids is 1. The highest BCUT2D eigenvalue weighted by Crippen LogP contribution is 2.29. The van der Waals surface area contributed by atoms with Gasteiger partial charge >= 0.3 is 0 Å². The predicted octanol–water partition coefficient (Wildman–Crippen LogP) is 3.99. The molecule has 2 heterocycles. The number of amides is 1. The van der Waals surface area contributed by atoms with E-state index in [0.717, 1.165) is 28.0 Å². The Hall–Kier alpha value is -1.88. The highest BCUT2D eigenvalue weighted by atomic mass is 79.9. The molecule has 114 valence electrons. The topological polar surface area (TPSA) is 45.2 Å². The molecule has 0 saturated heterocycles. The number of hydrogen-bond acceptors (Lipinski definition) is 3. The molecule has 4 nitrogen and oxygen atoms in total. The Morgan fingerprint density at radius 1 is 1.32 bits per heavy atom. The van der Waals surface area contributed by atoms with Crippen molar-refractivity contribution < 1.29 is 4.79 Å². The molecule has 0 fully saturated rings. The fourth-order valence-electron chi connectivity index (χ4n) is 2.71. The maximum Gasteiger partial charge on any atom is 0.254 e. The van der Waals surface area contributed by atoms with E-state index in [1.165, 1.54) is 5.56 Å². The van der Waals surface area contributed by atoms with Crippen LogP contribution in [-0.4, -0.2) is 22.3 Å². The second-order valence-electron chi connectivity index (χ2n) is 5.42. The molecule has 1 aromatic carbocycles. The van der Waals surface area contributed by atoms with Crippen LogP contribution in [0.4, 0.5) is 5.82 Å². The molecule has 1 aromatic heterocycles. The van der Waals surface area contributed by atoms with Crippen LogP contribution >= 0.6 is 15.9 Å². The van der Waals surface area contributed by atoms with Gasteiger partial charge in [-0.1, -0.05) is 28.1 Å². The van der Waals surface area contributed by atoms with E-state index in [1.54, 1.807) is 6.20 Å². The van der Waals surface area contributed by atoms with E-state index in [1.807, 2.05) is 30.0 Å². The summed E-state index contributed by atoms with van der Waals surface area (Å²) in [7, 11) is 0. The van der Waals surface area contributed by atoms with Crippen LogP contribution in [0.15, 0.2) is 41.0 Å². The summed E-state index contributed by atoms with van der Waals surface area (Å²) in [5.41, 5.74) is 2.94. The van der Waals surface area contributed by atoms with Crippen LogP contribution in [-0.2, 0) is 6.54 Å². The monoisotopic (exact) mass is 359 g/mol. The molecule has 1 N–H and O–H groups in total. The molecule has 5 heteroatoms. The third kappa shape index (κ3) is 2.73. The number of aromatic nitrogens is 1. The van der Waals surface area contributed by atoms with E-state index in [-0.39, 0.29) is 11.9 Å². The summed E-state index contributed by atoms with van der Waals surface area (Å²) in [6, 6.07) is 10.1. The van der Waals surface area contributed by atoms with Crippen molar-refractivity contribution >= 4 is 27.7 Å². The smallest absolute Gasteiger partial charge is 0.254 e. The van der Waals surface area contributed by atoms with Crippen molar-refractivity contribution in [3.05, 3.63) is 57.7 Å². The predicted molar refractivity (Wildman–Crippen MR) is 90.8 cm³/mol. The standard InChI is InChI=1S/C17H18BrN3O/c1-3-21-10-15-14(17(21)22)8-9-19-16(15)20-11(2)12-4-6-13(18)7-5-12/h4-9,11H,3,10H2,1-2H3,(H,19,20). The molecule has 0 spiro atoms. The number of carbonyl (C=O) groups is 1. The highest BCUT2D eigenvalue weighted by molar-refractivity contribution is 9.10. The maximum atomic E-state index is 12.2. The fourth-order valence-corrected chi connectivity index (χ4v) is 2.97. The van der Waals surface area contributed by atoms with Crippen molar-refractivity contribution in [1.82, 2.24) is 9.88 Å². The molecule has 0 bridgehead atoms. The number of nitrogens with one attached hydrogen (secondary N) is 1. The van der Waals surface area contributed by atoms with Gasteiger partial charge in [-0.05, 0) is 37.6 Å². The Kier molecular flexibility index (Phi) is 4.16. The van der Waals surface area contributed by atoms with E-state index in [0.29, 0.717) is 6.54 Å². The van der Waals surface area contributed by atoms with Gasteiger partial charge in [0.05, 0.1) is 6.54 Å². The maximum absolute atomic E-state index is 12.2. The van der Waals surface area contributed by atoms with Gasteiger partial charge in [-0.3, -0.25) is 4.79 Å². The number of rotatable bonds is 4. The van der Waals surface area contributed by atoms with Gasteiger partial charge in [-0.2, -0.15) is 0 Å². The SMILES string of the molecule is CCN1Cc2c(ccnc2NC(C)c2ccc(Br)cc2)C1=O. The summed E-state index contributed by atoms with van der Waals surface area (Å²) in [4.78, 5) is 18.5. The lowest BCUT2D eigenvalue weighted by Gasteiger charge is -2.17. The zero-order chi connectivity index (χ0) is 15.7. The number of pyridine rings is 1. The third-order valence-corrected chi connectivity index (χ3v) is 4.56. The number of nitrogens with zero attached hydrogens (tertiary/aromatic N) is 2.